The Kier molecular flexibility index (Phi) is 3.40. The van der Waals surface area contributed by atoms with Crippen molar-refractivity contribution in [3.05, 3.63) is 65.6 Å². The molecule has 0 aliphatic carbocycles. The molecule has 0 radical (unpaired) electrons. The van der Waals surface area contributed by atoms with Crippen LogP contribution in [0.25, 0.3) is 23.1 Å². The predicted molar refractivity (Wildman–Crippen MR) is 84.9 cm³/mol. The molecule has 0 amide bonds. The van der Waals surface area contributed by atoms with E-state index in [1.807, 2.05) is 42.0 Å². The molecule has 0 spiro atoms. The summed E-state index contributed by atoms with van der Waals surface area (Å²) in [7, 11) is 3.95. The van der Waals surface area contributed by atoms with Crippen molar-refractivity contribution in [2.45, 2.75) is 0 Å². The molecule has 0 atom stereocenters. The molecule has 104 valence electrons. The second-order valence-corrected chi connectivity index (χ2v) is 5.07. The minimum atomic E-state index is 0.678. The first-order chi connectivity index (χ1) is 10.2. The number of carbonyl (C=O) groups is 1. The van der Waals surface area contributed by atoms with Crippen molar-refractivity contribution >= 4 is 29.3 Å². The molecule has 0 saturated carbocycles. The van der Waals surface area contributed by atoms with Crippen LogP contribution >= 0.6 is 0 Å². The zero-order chi connectivity index (χ0) is 14.8. The first-order valence-electron chi connectivity index (χ1n) is 6.87. The van der Waals surface area contributed by atoms with Gasteiger partial charge in [0.1, 0.15) is 7.05 Å². The molecule has 0 saturated heterocycles. The maximum Gasteiger partial charge on any atom is 0.212 e. The highest BCUT2D eigenvalue weighted by Gasteiger charge is 2.08. The number of hydrogen-bond acceptors (Lipinski definition) is 1. The first kappa shape index (κ1) is 13.3. The molecule has 1 aromatic carbocycles. The Balaban J connectivity index is 2.01. The molecule has 3 aromatic rings. The minimum Gasteiger partial charge on any atom is -0.342 e. The fourth-order valence-electron chi connectivity index (χ4n) is 2.53. The molecule has 0 fully saturated rings. The van der Waals surface area contributed by atoms with Crippen LogP contribution in [0.5, 0.6) is 0 Å². The molecule has 2 heterocycles. The van der Waals surface area contributed by atoms with Crippen LogP contribution in [0.2, 0.25) is 0 Å². The van der Waals surface area contributed by atoms with Crippen LogP contribution in [0.1, 0.15) is 21.9 Å². The second-order valence-electron chi connectivity index (χ2n) is 5.07. The van der Waals surface area contributed by atoms with Crippen LogP contribution in [0.15, 0.2) is 48.5 Å². The SMILES string of the molecule is Cn1c(C=O)ccc1/C=C/c1ccc2ccccc2[n+]1C. The van der Waals surface area contributed by atoms with Gasteiger partial charge in [-0.15, -0.1) is 0 Å². The highest BCUT2D eigenvalue weighted by atomic mass is 16.1. The Morgan fingerprint density at radius 1 is 0.952 bits per heavy atom. The first-order valence-corrected chi connectivity index (χ1v) is 6.87. The van der Waals surface area contributed by atoms with Gasteiger partial charge in [0, 0.05) is 36.3 Å². The number of nitrogens with zero attached hydrogens (tertiary/aromatic N) is 2. The maximum atomic E-state index is 10.9. The number of fused-ring (bicyclic) bond motifs is 1. The van der Waals surface area contributed by atoms with Crippen LogP contribution < -0.4 is 4.57 Å². The van der Waals surface area contributed by atoms with Crippen molar-refractivity contribution in [1.82, 2.24) is 4.57 Å². The summed E-state index contributed by atoms with van der Waals surface area (Å²) in [4.78, 5) is 10.9. The van der Waals surface area contributed by atoms with E-state index in [0.29, 0.717) is 5.69 Å². The Labute approximate surface area is 123 Å². The molecule has 0 N–H and O–H groups in total. The number of rotatable bonds is 3. The minimum absolute atomic E-state index is 0.678. The van der Waals surface area contributed by atoms with Crippen LogP contribution in [0, 0.1) is 0 Å². The van der Waals surface area contributed by atoms with Gasteiger partial charge in [-0.05, 0) is 30.3 Å². The van der Waals surface area contributed by atoms with Crippen LogP contribution in [0.4, 0.5) is 0 Å². The molecule has 0 bridgehead atoms. The third-order valence-corrected chi connectivity index (χ3v) is 3.86. The Hall–Kier alpha value is -2.68. The van der Waals surface area contributed by atoms with E-state index in [1.54, 1.807) is 0 Å². The Bertz CT molecular complexity index is 844. The van der Waals surface area contributed by atoms with E-state index >= 15 is 0 Å². The number of hydrogen-bond donors (Lipinski definition) is 0. The maximum absolute atomic E-state index is 10.9. The zero-order valence-electron chi connectivity index (χ0n) is 12.2. The molecule has 0 aliphatic rings. The topological polar surface area (TPSA) is 25.9 Å². The third-order valence-electron chi connectivity index (χ3n) is 3.86. The monoisotopic (exact) mass is 277 g/mol. The molecule has 3 nitrogen and oxygen atoms in total. The van der Waals surface area contributed by atoms with Gasteiger partial charge in [-0.25, -0.2) is 0 Å². The lowest BCUT2D eigenvalue weighted by molar-refractivity contribution is -0.646. The molecule has 0 aliphatic heterocycles. The van der Waals surface area contributed by atoms with Crippen molar-refractivity contribution < 1.29 is 9.36 Å². The van der Waals surface area contributed by atoms with Gasteiger partial charge in [0.05, 0.1) is 5.69 Å². The van der Waals surface area contributed by atoms with Crippen molar-refractivity contribution in [2.24, 2.45) is 14.1 Å². The van der Waals surface area contributed by atoms with Crippen molar-refractivity contribution in [1.29, 1.82) is 0 Å². The van der Waals surface area contributed by atoms with Gasteiger partial charge in [0.25, 0.3) is 0 Å². The molecular formula is C18H17N2O+. The van der Waals surface area contributed by atoms with Gasteiger partial charge in [-0.2, -0.15) is 4.57 Å². The van der Waals surface area contributed by atoms with E-state index in [0.717, 1.165) is 17.7 Å². The number of aryl methyl sites for hydroxylation is 1. The van der Waals surface area contributed by atoms with E-state index in [1.165, 1.54) is 10.9 Å². The van der Waals surface area contributed by atoms with E-state index in [2.05, 4.69) is 42.0 Å². The van der Waals surface area contributed by atoms with E-state index in [4.69, 9.17) is 0 Å². The Morgan fingerprint density at radius 3 is 2.48 bits per heavy atom. The van der Waals surface area contributed by atoms with Crippen molar-refractivity contribution in [3.63, 3.8) is 0 Å². The summed E-state index contributed by atoms with van der Waals surface area (Å²) in [5.41, 5.74) is 3.99. The van der Waals surface area contributed by atoms with Gasteiger partial charge in [0.2, 0.25) is 11.2 Å². The van der Waals surface area contributed by atoms with Crippen molar-refractivity contribution in [2.75, 3.05) is 0 Å². The number of aldehydes is 1. The summed E-state index contributed by atoms with van der Waals surface area (Å²) < 4.78 is 4.04. The van der Waals surface area contributed by atoms with Gasteiger partial charge in [-0.3, -0.25) is 4.79 Å². The second kappa shape index (κ2) is 5.37. The standard InChI is InChI=1S/C18H17N2O/c1-19-15(11-12-17(19)13-21)9-10-16-8-7-14-5-3-4-6-18(14)20(16)2/h3-13H,1-2H3/q+1. The largest absolute Gasteiger partial charge is 0.342 e. The van der Waals surface area contributed by atoms with Crippen molar-refractivity contribution in [3.8, 4) is 0 Å². The molecule has 3 rings (SSSR count). The van der Waals surface area contributed by atoms with Gasteiger partial charge in [0.15, 0.2) is 6.29 Å². The fraction of sp³-hybridized carbons (Fsp3) is 0.111. The summed E-state index contributed by atoms with van der Waals surface area (Å²) in [6.45, 7) is 0. The lowest BCUT2D eigenvalue weighted by Gasteiger charge is -2.01. The average Bonchev–Trinajstić information content (AvgIpc) is 2.87. The third kappa shape index (κ3) is 2.38. The number of carbonyl (C=O) groups excluding carboxylic acids is 1. The molecular weight excluding hydrogens is 260 g/mol. The number of aromatic nitrogens is 2. The summed E-state index contributed by atoms with van der Waals surface area (Å²) in [6.07, 6.45) is 4.96. The number of pyridine rings is 1. The van der Waals surface area contributed by atoms with Gasteiger partial charge in [-0.1, -0.05) is 12.1 Å². The lowest BCUT2D eigenvalue weighted by Crippen LogP contribution is -2.32. The molecule has 0 unspecified atom stereocenters. The summed E-state index contributed by atoms with van der Waals surface area (Å²) in [5.74, 6) is 0. The zero-order valence-corrected chi connectivity index (χ0v) is 12.2. The van der Waals surface area contributed by atoms with E-state index < -0.39 is 0 Å². The van der Waals surface area contributed by atoms with Gasteiger partial charge >= 0.3 is 0 Å². The predicted octanol–water partition coefficient (Wildman–Crippen LogP) is 2.99. The molecule has 2 aromatic heterocycles. The van der Waals surface area contributed by atoms with Crippen LogP contribution in [-0.4, -0.2) is 10.9 Å². The highest BCUT2D eigenvalue weighted by Crippen LogP contribution is 2.13. The number of para-hydroxylation sites is 1. The lowest BCUT2D eigenvalue weighted by atomic mass is 10.2. The summed E-state index contributed by atoms with van der Waals surface area (Å²) >= 11 is 0. The van der Waals surface area contributed by atoms with Crippen LogP contribution in [-0.2, 0) is 14.1 Å². The fourth-order valence-corrected chi connectivity index (χ4v) is 2.53. The Morgan fingerprint density at radius 2 is 1.71 bits per heavy atom. The van der Waals surface area contributed by atoms with E-state index in [-0.39, 0.29) is 0 Å². The smallest absolute Gasteiger partial charge is 0.212 e. The normalized spacial score (nSPS) is 11.3. The highest BCUT2D eigenvalue weighted by molar-refractivity contribution is 5.78. The average molecular weight is 277 g/mol. The number of benzene rings is 1. The van der Waals surface area contributed by atoms with Gasteiger partial charge < -0.3 is 4.57 Å². The molecule has 21 heavy (non-hydrogen) atoms. The molecule has 3 heteroatoms. The van der Waals surface area contributed by atoms with Crippen LogP contribution in [0.3, 0.4) is 0 Å². The summed E-state index contributed by atoms with van der Waals surface area (Å²) in [6, 6.07) is 16.3. The summed E-state index contributed by atoms with van der Waals surface area (Å²) in [5, 5.41) is 1.22. The van der Waals surface area contributed by atoms with E-state index in [9.17, 15) is 4.79 Å². The quantitative estimate of drug-likeness (QED) is 0.534.